The van der Waals surface area contributed by atoms with Crippen LogP contribution in [-0.2, 0) is 11.8 Å². The number of carbonyl (C=O) groups is 2. The van der Waals surface area contributed by atoms with E-state index < -0.39 is 11.7 Å². The van der Waals surface area contributed by atoms with Gasteiger partial charge in [0.05, 0.1) is 5.56 Å². The standard InChI is InChI=1S/C21H21FN2O2/c1-4-13-24(16-11-9-15(22)10-12-16)21(26)20(25)19-14(2)23(3)18-8-6-5-7-17(18)19/h5-12H,4,13H2,1-3H3. The highest BCUT2D eigenvalue weighted by atomic mass is 19.1. The summed E-state index contributed by atoms with van der Waals surface area (Å²) in [5.41, 5.74) is 2.60. The average Bonchev–Trinajstić information content (AvgIpc) is 2.91. The van der Waals surface area contributed by atoms with Gasteiger partial charge in [-0.05, 0) is 43.7 Å². The van der Waals surface area contributed by atoms with Gasteiger partial charge in [0.1, 0.15) is 5.82 Å². The molecule has 1 heterocycles. The van der Waals surface area contributed by atoms with Crippen molar-refractivity contribution in [1.29, 1.82) is 0 Å². The molecule has 1 aromatic heterocycles. The van der Waals surface area contributed by atoms with Gasteiger partial charge in [-0.2, -0.15) is 0 Å². The molecular formula is C21H21FN2O2. The fourth-order valence-corrected chi connectivity index (χ4v) is 3.23. The first-order chi connectivity index (χ1) is 12.5. The van der Waals surface area contributed by atoms with Gasteiger partial charge in [-0.25, -0.2) is 4.39 Å². The number of halogens is 1. The lowest BCUT2D eigenvalue weighted by atomic mass is 10.1. The van der Waals surface area contributed by atoms with Crippen molar-refractivity contribution < 1.29 is 14.0 Å². The topological polar surface area (TPSA) is 42.3 Å². The number of rotatable bonds is 5. The summed E-state index contributed by atoms with van der Waals surface area (Å²) in [6.07, 6.45) is 0.685. The van der Waals surface area contributed by atoms with Crippen molar-refractivity contribution in [2.24, 2.45) is 7.05 Å². The van der Waals surface area contributed by atoms with E-state index in [2.05, 4.69) is 0 Å². The molecule has 0 unspecified atom stereocenters. The van der Waals surface area contributed by atoms with Crippen LogP contribution in [0.1, 0.15) is 29.4 Å². The van der Waals surface area contributed by atoms with Crippen LogP contribution in [0.4, 0.5) is 10.1 Å². The molecule has 26 heavy (non-hydrogen) atoms. The second-order valence-electron chi connectivity index (χ2n) is 6.30. The minimum absolute atomic E-state index is 0.381. The molecule has 0 atom stereocenters. The second-order valence-corrected chi connectivity index (χ2v) is 6.30. The zero-order valence-electron chi connectivity index (χ0n) is 15.1. The van der Waals surface area contributed by atoms with Crippen molar-refractivity contribution in [2.45, 2.75) is 20.3 Å². The molecular weight excluding hydrogens is 331 g/mol. The van der Waals surface area contributed by atoms with Crippen molar-refractivity contribution in [1.82, 2.24) is 4.57 Å². The van der Waals surface area contributed by atoms with E-state index in [4.69, 9.17) is 0 Å². The third-order valence-corrected chi connectivity index (χ3v) is 4.65. The van der Waals surface area contributed by atoms with Gasteiger partial charge in [0, 0.05) is 35.9 Å². The zero-order chi connectivity index (χ0) is 18.8. The third kappa shape index (κ3) is 3.01. The van der Waals surface area contributed by atoms with Crippen LogP contribution in [-0.4, -0.2) is 22.8 Å². The Balaban J connectivity index is 2.04. The lowest BCUT2D eigenvalue weighted by molar-refractivity contribution is -0.114. The fraction of sp³-hybridized carbons (Fsp3) is 0.238. The molecule has 0 fully saturated rings. The molecule has 0 aliphatic heterocycles. The summed E-state index contributed by atoms with van der Waals surface area (Å²) in [5, 5.41) is 0.765. The predicted molar refractivity (Wildman–Crippen MR) is 101 cm³/mol. The predicted octanol–water partition coefficient (Wildman–Crippen LogP) is 4.25. The van der Waals surface area contributed by atoms with E-state index in [1.165, 1.54) is 29.2 Å². The Kier molecular flexibility index (Phi) is 4.89. The minimum atomic E-state index is -0.599. The molecule has 5 heteroatoms. The highest BCUT2D eigenvalue weighted by Crippen LogP contribution is 2.26. The van der Waals surface area contributed by atoms with Crippen LogP contribution in [0.2, 0.25) is 0 Å². The van der Waals surface area contributed by atoms with Crippen molar-refractivity contribution in [3.63, 3.8) is 0 Å². The smallest absolute Gasteiger partial charge is 0.299 e. The van der Waals surface area contributed by atoms with E-state index in [1.54, 1.807) is 0 Å². The maximum atomic E-state index is 13.2. The first-order valence-electron chi connectivity index (χ1n) is 8.61. The van der Waals surface area contributed by atoms with Crippen LogP contribution in [0.15, 0.2) is 48.5 Å². The zero-order valence-corrected chi connectivity index (χ0v) is 15.1. The number of anilines is 1. The number of amides is 1. The highest BCUT2D eigenvalue weighted by molar-refractivity contribution is 6.49. The summed E-state index contributed by atoms with van der Waals surface area (Å²) in [7, 11) is 1.88. The maximum absolute atomic E-state index is 13.2. The molecule has 0 N–H and O–H groups in total. The van der Waals surface area contributed by atoms with Crippen LogP contribution in [0.3, 0.4) is 0 Å². The van der Waals surface area contributed by atoms with Gasteiger partial charge in [0.25, 0.3) is 11.7 Å². The Hall–Kier alpha value is -2.95. The summed E-state index contributed by atoms with van der Waals surface area (Å²) in [6, 6.07) is 13.2. The molecule has 4 nitrogen and oxygen atoms in total. The molecule has 3 rings (SSSR count). The van der Waals surface area contributed by atoms with Gasteiger partial charge >= 0.3 is 0 Å². The first-order valence-corrected chi connectivity index (χ1v) is 8.61. The van der Waals surface area contributed by atoms with Gasteiger partial charge in [0.15, 0.2) is 0 Å². The van der Waals surface area contributed by atoms with Crippen LogP contribution >= 0.6 is 0 Å². The van der Waals surface area contributed by atoms with E-state index in [-0.39, 0.29) is 5.82 Å². The Labute approximate surface area is 151 Å². The SMILES string of the molecule is CCCN(C(=O)C(=O)c1c(C)n(C)c2ccccc12)c1ccc(F)cc1. The van der Waals surface area contributed by atoms with Gasteiger partial charge in [0.2, 0.25) is 0 Å². The van der Waals surface area contributed by atoms with Crippen molar-refractivity contribution in [3.8, 4) is 0 Å². The molecule has 1 amide bonds. The largest absolute Gasteiger partial charge is 0.347 e. The van der Waals surface area contributed by atoms with Crippen molar-refractivity contribution in [2.75, 3.05) is 11.4 Å². The van der Waals surface area contributed by atoms with Crippen molar-refractivity contribution in [3.05, 3.63) is 65.6 Å². The molecule has 134 valence electrons. The van der Waals surface area contributed by atoms with E-state index in [0.29, 0.717) is 24.2 Å². The quantitative estimate of drug-likeness (QED) is 0.509. The number of aromatic nitrogens is 1. The Morgan fingerprint density at radius 3 is 2.38 bits per heavy atom. The summed E-state index contributed by atoms with van der Waals surface area (Å²) < 4.78 is 15.1. The highest BCUT2D eigenvalue weighted by Gasteiger charge is 2.28. The molecule has 2 aromatic carbocycles. The molecule has 0 saturated heterocycles. The normalized spacial score (nSPS) is 10.9. The van der Waals surface area contributed by atoms with E-state index >= 15 is 0 Å². The molecule has 0 spiro atoms. The Morgan fingerprint density at radius 1 is 1.08 bits per heavy atom. The summed E-state index contributed by atoms with van der Waals surface area (Å²) >= 11 is 0. The lowest BCUT2D eigenvalue weighted by Gasteiger charge is -2.21. The molecule has 3 aromatic rings. The van der Waals surface area contributed by atoms with Gasteiger partial charge in [-0.1, -0.05) is 25.1 Å². The summed E-state index contributed by atoms with van der Waals surface area (Å²) in [5.74, 6) is -1.52. The Bertz CT molecular complexity index is 974. The molecule has 0 radical (unpaired) electrons. The average molecular weight is 352 g/mol. The monoisotopic (exact) mass is 352 g/mol. The number of carbonyl (C=O) groups excluding carboxylic acids is 2. The molecule has 0 aliphatic rings. The summed E-state index contributed by atoms with van der Waals surface area (Å²) in [4.78, 5) is 27.5. The van der Waals surface area contributed by atoms with Crippen LogP contribution in [0, 0.1) is 12.7 Å². The minimum Gasteiger partial charge on any atom is -0.347 e. The number of hydrogen-bond donors (Lipinski definition) is 0. The van der Waals surface area contributed by atoms with Crippen LogP contribution in [0.5, 0.6) is 0 Å². The van der Waals surface area contributed by atoms with Crippen LogP contribution in [0.25, 0.3) is 10.9 Å². The fourth-order valence-electron chi connectivity index (χ4n) is 3.23. The van der Waals surface area contributed by atoms with E-state index in [1.807, 2.05) is 49.7 Å². The number of benzene rings is 2. The van der Waals surface area contributed by atoms with Crippen LogP contribution < -0.4 is 4.90 Å². The Morgan fingerprint density at radius 2 is 1.73 bits per heavy atom. The van der Waals surface area contributed by atoms with Gasteiger partial charge in [-0.15, -0.1) is 0 Å². The number of para-hydroxylation sites is 1. The van der Waals surface area contributed by atoms with Crippen molar-refractivity contribution >= 4 is 28.3 Å². The number of nitrogens with zero attached hydrogens (tertiary/aromatic N) is 2. The number of ketones is 1. The first kappa shape index (κ1) is 17.9. The number of aryl methyl sites for hydroxylation is 1. The number of Topliss-reactive ketones (excluding diaryl/α,β-unsaturated/α-hetero) is 1. The van der Waals surface area contributed by atoms with E-state index in [9.17, 15) is 14.0 Å². The molecule has 0 bridgehead atoms. The molecule has 0 saturated carbocycles. The maximum Gasteiger partial charge on any atom is 0.299 e. The lowest BCUT2D eigenvalue weighted by Crippen LogP contribution is -2.37. The third-order valence-electron chi connectivity index (χ3n) is 4.65. The second kappa shape index (κ2) is 7.12. The van der Waals surface area contributed by atoms with Gasteiger partial charge < -0.3 is 9.47 Å². The summed E-state index contributed by atoms with van der Waals surface area (Å²) in [6.45, 7) is 4.15. The molecule has 0 aliphatic carbocycles. The van der Waals surface area contributed by atoms with Gasteiger partial charge in [-0.3, -0.25) is 9.59 Å². The number of hydrogen-bond acceptors (Lipinski definition) is 2. The van der Waals surface area contributed by atoms with E-state index in [0.717, 1.165) is 16.6 Å². The number of fused-ring (bicyclic) bond motifs is 1.